The molecule has 0 fully saturated rings. The molecule has 0 aliphatic rings. The molecule has 0 aliphatic heterocycles. The second-order valence-electron chi connectivity index (χ2n) is 3.22. The quantitative estimate of drug-likeness (QED) is 0.652. The van der Waals surface area contributed by atoms with Gasteiger partial charge in [0.2, 0.25) is 12.2 Å². The normalized spacial score (nSPS) is 13.4. The molecule has 0 saturated heterocycles. The monoisotopic (exact) mass is 246 g/mol. The number of ketones is 1. The van der Waals surface area contributed by atoms with Crippen molar-refractivity contribution >= 4 is 23.7 Å². The van der Waals surface area contributed by atoms with Crippen LogP contribution < -0.4 is 0 Å². The van der Waals surface area contributed by atoms with Crippen molar-refractivity contribution in [2.45, 2.75) is 39.4 Å². The summed E-state index contributed by atoms with van der Waals surface area (Å²) in [7, 11) is 0. The molecular formula is C10H14O7. The van der Waals surface area contributed by atoms with Crippen LogP contribution in [0.5, 0.6) is 0 Å². The number of aliphatic carboxylic acids is 1. The number of esters is 2. The largest absolute Gasteiger partial charge is 0.478 e. The second-order valence-corrected chi connectivity index (χ2v) is 3.22. The molecule has 7 heteroatoms. The van der Waals surface area contributed by atoms with Crippen LogP contribution >= 0.6 is 0 Å². The van der Waals surface area contributed by atoms with Gasteiger partial charge in [-0.05, 0) is 0 Å². The van der Waals surface area contributed by atoms with Gasteiger partial charge in [-0.15, -0.1) is 0 Å². The molecular weight excluding hydrogens is 232 g/mol. The molecule has 0 heterocycles. The van der Waals surface area contributed by atoms with Crippen molar-refractivity contribution in [3.05, 3.63) is 0 Å². The topological polar surface area (TPSA) is 107 Å². The lowest BCUT2D eigenvalue weighted by molar-refractivity contribution is -0.180. The fourth-order valence-electron chi connectivity index (χ4n) is 1.10. The highest BCUT2D eigenvalue weighted by molar-refractivity contribution is 5.92. The number of carboxylic acids is 1. The van der Waals surface area contributed by atoms with Gasteiger partial charge in [0, 0.05) is 20.3 Å². The average Bonchev–Trinajstić information content (AvgIpc) is 2.21. The third-order valence-electron chi connectivity index (χ3n) is 1.77. The minimum Gasteiger partial charge on any atom is -0.478 e. The molecule has 0 spiro atoms. The van der Waals surface area contributed by atoms with Gasteiger partial charge in [-0.1, -0.05) is 6.92 Å². The highest BCUT2D eigenvalue weighted by Crippen LogP contribution is 2.09. The molecule has 1 N–H and O–H groups in total. The number of ether oxygens (including phenoxy) is 2. The molecule has 0 unspecified atom stereocenters. The number of hydrogen-bond donors (Lipinski definition) is 1. The van der Waals surface area contributed by atoms with Gasteiger partial charge in [-0.3, -0.25) is 14.4 Å². The van der Waals surface area contributed by atoms with E-state index in [4.69, 9.17) is 5.11 Å². The lowest BCUT2D eigenvalue weighted by Gasteiger charge is -2.21. The zero-order chi connectivity index (χ0) is 13.6. The maximum Gasteiger partial charge on any atom is 0.349 e. The highest BCUT2D eigenvalue weighted by Gasteiger charge is 2.38. The van der Waals surface area contributed by atoms with Gasteiger partial charge in [0.05, 0.1) is 0 Å². The average molecular weight is 246 g/mol. The number of rotatable bonds is 6. The van der Waals surface area contributed by atoms with Crippen LogP contribution in [0.3, 0.4) is 0 Å². The first-order valence-electron chi connectivity index (χ1n) is 4.89. The summed E-state index contributed by atoms with van der Waals surface area (Å²) >= 11 is 0. The number of hydrogen-bond acceptors (Lipinski definition) is 6. The molecule has 0 radical (unpaired) electrons. The second kappa shape index (κ2) is 6.62. The van der Waals surface area contributed by atoms with Gasteiger partial charge < -0.3 is 14.6 Å². The first-order chi connectivity index (χ1) is 7.79. The smallest absolute Gasteiger partial charge is 0.349 e. The van der Waals surface area contributed by atoms with E-state index in [1.54, 1.807) is 0 Å². The Morgan fingerprint density at radius 1 is 1.00 bits per heavy atom. The molecule has 0 aliphatic carbocycles. The van der Waals surface area contributed by atoms with Crippen molar-refractivity contribution in [1.82, 2.24) is 0 Å². The first kappa shape index (κ1) is 15.1. The van der Waals surface area contributed by atoms with Crippen LogP contribution in [0.1, 0.15) is 27.2 Å². The van der Waals surface area contributed by atoms with Crippen molar-refractivity contribution in [1.29, 1.82) is 0 Å². The van der Waals surface area contributed by atoms with Gasteiger partial charge in [0.25, 0.3) is 0 Å². The van der Waals surface area contributed by atoms with E-state index in [0.29, 0.717) is 0 Å². The van der Waals surface area contributed by atoms with Crippen LogP contribution in [-0.2, 0) is 28.7 Å². The number of carbonyl (C=O) groups excluding carboxylic acids is 3. The molecule has 0 bridgehead atoms. The van der Waals surface area contributed by atoms with Crippen LogP contribution in [0.25, 0.3) is 0 Å². The van der Waals surface area contributed by atoms with Gasteiger partial charge >= 0.3 is 17.9 Å². The number of carbonyl (C=O) groups is 4. The Morgan fingerprint density at radius 3 is 1.71 bits per heavy atom. The summed E-state index contributed by atoms with van der Waals surface area (Å²) in [6.07, 6.45) is -3.47. The van der Waals surface area contributed by atoms with E-state index in [1.807, 2.05) is 0 Å². The van der Waals surface area contributed by atoms with Crippen LogP contribution in [0, 0.1) is 0 Å². The predicted octanol–water partition coefficient (Wildman–Crippen LogP) is -0.0865. The SMILES string of the molecule is CCC(=O)[C@@H](OC(C)=O)[C@@H](OC(C)=O)C(=O)O. The van der Waals surface area contributed by atoms with Crippen LogP contribution in [0.15, 0.2) is 0 Å². The fraction of sp³-hybridized carbons (Fsp3) is 0.600. The number of carboxylic acid groups (broad SMARTS) is 1. The van der Waals surface area contributed by atoms with E-state index in [2.05, 4.69) is 9.47 Å². The van der Waals surface area contributed by atoms with Gasteiger partial charge in [-0.25, -0.2) is 4.79 Å². The minimum absolute atomic E-state index is 0.0387. The van der Waals surface area contributed by atoms with E-state index in [9.17, 15) is 19.2 Å². The minimum atomic E-state index is -1.82. The summed E-state index contributed by atoms with van der Waals surface area (Å²) < 4.78 is 9.04. The molecule has 0 amide bonds. The molecule has 0 saturated carbocycles. The zero-order valence-electron chi connectivity index (χ0n) is 9.76. The molecule has 0 aromatic carbocycles. The van der Waals surface area contributed by atoms with Crippen molar-refractivity contribution in [3.8, 4) is 0 Å². The van der Waals surface area contributed by atoms with E-state index < -0.39 is 35.9 Å². The third kappa shape index (κ3) is 5.10. The van der Waals surface area contributed by atoms with E-state index in [-0.39, 0.29) is 6.42 Å². The maximum absolute atomic E-state index is 11.4. The van der Waals surface area contributed by atoms with E-state index >= 15 is 0 Å². The molecule has 0 aromatic heterocycles. The van der Waals surface area contributed by atoms with E-state index in [1.165, 1.54) is 6.92 Å². The molecule has 0 aromatic rings. The van der Waals surface area contributed by atoms with Crippen molar-refractivity contribution < 1.29 is 33.8 Å². The fourth-order valence-corrected chi connectivity index (χ4v) is 1.10. The Morgan fingerprint density at radius 2 is 1.41 bits per heavy atom. The number of Topliss-reactive ketones (excluding diaryl/α,β-unsaturated/α-hetero) is 1. The molecule has 7 nitrogen and oxygen atoms in total. The Balaban J connectivity index is 5.05. The first-order valence-corrected chi connectivity index (χ1v) is 4.89. The molecule has 2 atom stereocenters. The van der Waals surface area contributed by atoms with Crippen LogP contribution in [0.2, 0.25) is 0 Å². The Bertz CT molecular complexity index is 334. The van der Waals surface area contributed by atoms with Crippen LogP contribution in [0.4, 0.5) is 0 Å². The summed E-state index contributed by atoms with van der Waals surface area (Å²) in [5.74, 6) is -3.88. The van der Waals surface area contributed by atoms with Gasteiger partial charge in [0.15, 0.2) is 5.78 Å². The van der Waals surface area contributed by atoms with Crippen LogP contribution in [-0.4, -0.2) is 41.0 Å². The highest BCUT2D eigenvalue weighted by atomic mass is 16.6. The summed E-state index contributed by atoms with van der Waals surface area (Å²) in [5.41, 5.74) is 0. The third-order valence-corrected chi connectivity index (χ3v) is 1.77. The Kier molecular flexibility index (Phi) is 5.87. The Labute approximate surface area is 97.7 Å². The van der Waals surface area contributed by atoms with Crippen molar-refractivity contribution in [2.24, 2.45) is 0 Å². The summed E-state index contributed by atoms with van der Waals surface area (Å²) in [6.45, 7) is 3.51. The zero-order valence-corrected chi connectivity index (χ0v) is 9.76. The molecule has 17 heavy (non-hydrogen) atoms. The summed E-state index contributed by atoms with van der Waals surface area (Å²) in [4.78, 5) is 43.8. The predicted molar refractivity (Wildman–Crippen MR) is 54.0 cm³/mol. The van der Waals surface area contributed by atoms with Gasteiger partial charge in [0.1, 0.15) is 0 Å². The molecule has 0 rings (SSSR count). The molecule has 96 valence electrons. The van der Waals surface area contributed by atoms with Crippen molar-refractivity contribution in [2.75, 3.05) is 0 Å². The summed E-state index contributed by atoms with van der Waals surface area (Å²) in [5, 5.41) is 8.83. The summed E-state index contributed by atoms with van der Waals surface area (Å²) in [6, 6.07) is 0. The van der Waals surface area contributed by atoms with Crippen molar-refractivity contribution in [3.63, 3.8) is 0 Å². The standard InChI is InChI=1S/C10H14O7/c1-4-7(13)8(16-5(2)11)9(10(14)15)17-6(3)12/h8-9H,4H2,1-3H3,(H,14,15)/t8-,9-/m1/s1. The maximum atomic E-state index is 11.4. The lowest BCUT2D eigenvalue weighted by Crippen LogP contribution is -2.45. The lowest BCUT2D eigenvalue weighted by atomic mass is 10.1. The van der Waals surface area contributed by atoms with E-state index in [0.717, 1.165) is 13.8 Å². The van der Waals surface area contributed by atoms with Gasteiger partial charge in [-0.2, -0.15) is 0 Å². The Hall–Kier alpha value is -1.92.